The molecule has 1 N–H and O–H groups in total. The monoisotopic (exact) mass is 297 g/mol. The molecule has 3 heteroatoms. The molecule has 1 fully saturated rings. The Bertz CT molecular complexity index is 562. The van der Waals surface area contributed by atoms with Crippen LogP contribution in [0.2, 0.25) is 0 Å². The minimum atomic E-state index is 0.0743. The van der Waals surface area contributed by atoms with Crippen LogP contribution in [-0.4, -0.2) is 19.7 Å². The van der Waals surface area contributed by atoms with Crippen molar-refractivity contribution in [3.63, 3.8) is 0 Å². The maximum Gasteiger partial charge on any atom is 0.125 e. The van der Waals surface area contributed by atoms with E-state index in [1.165, 1.54) is 18.4 Å². The summed E-state index contributed by atoms with van der Waals surface area (Å²) in [5.41, 5.74) is 1.23. The fourth-order valence-corrected chi connectivity index (χ4v) is 2.95. The van der Waals surface area contributed by atoms with Crippen molar-refractivity contribution in [1.82, 2.24) is 5.32 Å². The Balaban J connectivity index is 1.74. The molecule has 0 spiro atoms. The molecule has 2 atom stereocenters. The van der Waals surface area contributed by atoms with Gasteiger partial charge in [0.15, 0.2) is 0 Å². The van der Waals surface area contributed by atoms with Gasteiger partial charge in [-0.1, -0.05) is 30.3 Å². The Morgan fingerprint density at radius 3 is 2.41 bits per heavy atom. The highest BCUT2D eigenvalue weighted by molar-refractivity contribution is 5.32. The van der Waals surface area contributed by atoms with Crippen molar-refractivity contribution in [3.05, 3.63) is 60.2 Å². The van der Waals surface area contributed by atoms with Crippen LogP contribution in [0.4, 0.5) is 0 Å². The van der Waals surface area contributed by atoms with Crippen molar-refractivity contribution in [2.75, 3.05) is 13.7 Å². The average Bonchev–Trinajstić information content (AvgIpc) is 3.09. The van der Waals surface area contributed by atoms with Crippen molar-refractivity contribution in [1.29, 1.82) is 0 Å². The molecule has 22 heavy (non-hydrogen) atoms. The van der Waals surface area contributed by atoms with E-state index in [4.69, 9.17) is 9.47 Å². The second-order valence-electron chi connectivity index (χ2n) is 5.72. The lowest BCUT2D eigenvalue weighted by atomic mass is 10.0. The molecule has 2 unspecified atom stereocenters. The standard InChI is InChI=1S/C19H23NO2/c1-21-17-9-11-18(12-10-17)22-19(14-16-8-5-13-20-16)15-6-3-2-4-7-15/h2-4,6-7,9-12,16,19-20H,5,8,13-14H2,1H3. The van der Waals surface area contributed by atoms with Crippen LogP contribution in [0.1, 0.15) is 30.9 Å². The first kappa shape index (κ1) is 14.9. The Kier molecular flexibility index (Phi) is 4.96. The number of rotatable bonds is 6. The van der Waals surface area contributed by atoms with Crippen molar-refractivity contribution in [2.24, 2.45) is 0 Å². The van der Waals surface area contributed by atoms with Gasteiger partial charge in [0, 0.05) is 12.5 Å². The second kappa shape index (κ2) is 7.32. The summed E-state index contributed by atoms with van der Waals surface area (Å²) in [6, 6.07) is 18.8. The van der Waals surface area contributed by atoms with Gasteiger partial charge in [0.25, 0.3) is 0 Å². The van der Waals surface area contributed by atoms with Gasteiger partial charge >= 0.3 is 0 Å². The van der Waals surface area contributed by atoms with E-state index in [1.54, 1.807) is 7.11 Å². The van der Waals surface area contributed by atoms with Crippen LogP contribution in [0, 0.1) is 0 Å². The fraction of sp³-hybridized carbons (Fsp3) is 0.368. The molecular formula is C19H23NO2. The molecule has 1 saturated heterocycles. The predicted molar refractivity (Wildman–Crippen MR) is 88.4 cm³/mol. The topological polar surface area (TPSA) is 30.5 Å². The molecule has 0 aromatic heterocycles. The zero-order chi connectivity index (χ0) is 15.2. The van der Waals surface area contributed by atoms with Crippen LogP contribution < -0.4 is 14.8 Å². The molecule has 1 heterocycles. The minimum Gasteiger partial charge on any atom is -0.497 e. The number of hydrogen-bond acceptors (Lipinski definition) is 3. The molecule has 1 aliphatic rings. The van der Waals surface area contributed by atoms with Crippen LogP contribution in [-0.2, 0) is 0 Å². The molecule has 3 nitrogen and oxygen atoms in total. The lowest BCUT2D eigenvalue weighted by molar-refractivity contribution is 0.181. The molecular weight excluding hydrogens is 274 g/mol. The largest absolute Gasteiger partial charge is 0.497 e. The molecule has 3 rings (SSSR count). The SMILES string of the molecule is COc1ccc(OC(CC2CCCN2)c2ccccc2)cc1. The zero-order valence-corrected chi connectivity index (χ0v) is 13.0. The number of benzene rings is 2. The van der Waals surface area contributed by atoms with E-state index in [-0.39, 0.29) is 6.10 Å². The summed E-state index contributed by atoms with van der Waals surface area (Å²) in [6.07, 6.45) is 3.56. The number of methoxy groups -OCH3 is 1. The molecule has 2 aromatic carbocycles. The Labute approximate surface area is 132 Å². The quantitative estimate of drug-likeness (QED) is 0.875. The average molecular weight is 297 g/mol. The summed E-state index contributed by atoms with van der Waals surface area (Å²) in [5, 5.41) is 3.56. The summed E-state index contributed by atoms with van der Waals surface area (Å²) in [5.74, 6) is 1.73. The molecule has 0 bridgehead atoms. The van der Waals surface area contributed by atoms with Crippen molar-refractivity contribution in [2.45, 2.75) is 31.4 Å². The predicted octanol–water partition coefficient (Wildman–Crippen LogP) is 3.96. The van der Waals surface area contributed by atoms with Crippen LogP contribution in [0.3, 0.4) is 0 Å². The fourth-order valence-electron chi connectivity index (χ4n) is 2.95. The van der Waals surface area contributed by atoms with Gasteiger partial charge in [0.1, 0.15) is 17.6 Å². The van der Waals surface area contributed by atoms with E-state index in [1.807, 2.05) is 30.3 Å². The van der Waals surface area contributed by atoms with E-state index >= 15 is 0 Å². The van der Waals surface area contributed by atoms with Gasteiger partial charge in [-0.15, -0.1) is 0 Å². The highest BCUT2D eigenvalue weighted by Gasteiger charge is 2.22. The lowest BCUT2D eigenvalue weighted by Gasteiger charge is -2.23. The Morgan fingerprint density at radius 2 is 1.77 bits per heavy atom. The molecule has 1 aliphatic heterocycles. The van der Waals surface area contributed by atoms with Crippen molar-refractivity contribution < 1.29 is 9.47 Å². The number of ether oxygens (including phenoxy) is 2. The smallest absolute Gasteiger partial charge is 0.125 e. The van der Waals surface area contributed by atoms with E-state index in [0.717, 1.165) is 24.5 Å². The van der Waals surface area contributed by atoms with Gasteiger partial charge in [-0.05, 0) is 49.2 Å². The summed E-state index contributed by atoms with van der Waals surface area (Å²) < 4.78 is 11.5. The molecule has 2 aromatic rings. The van der Waals surface area contributed by atoms with Gasteiger partial charge < -0.3 is 14.8 Å². The first-order chi connectivity index (χ1) is 10.8. The van der Waals surface area contributed by atoms with Gasteiger partial charge in [-0.2, -0.15) is 0 Å². The first-order valence-corrected chi connectivity index (χ1v) is 7.94. The third-order valence-electron chi connectivity index (χ3n) is 4.17. The Hall–Kier alpha value is -2.00. The zero-order valence-electron chi connectivity index (χ0n) is 13.0. The Morgan fingerprint density at radius 1 is 1.05 bits per heavy atom. The van der Waals surface area contributed by atoms with Gasteiger partial charge in [0.2, 0.25) is 0 Å². The van der Waals surface area contributed by atoms with Crippen LogP contribution in [0.25, 0.3) is 0 Å². The van der Waals surface area contributed by atoms with Crippen LogP contribution in [0.5, 0.6) is 11.5 Å². The number of hydrogen-bond donors (Lipinski definition) is 1. The number of nitrogens with one attached hydrogen (secondary N) is 1. The highest BCUT2D eigenvalue weighted by atomic mass is 16.5. The molecule has 0 amide bonds. The maximum atomic E-state index is 6.27. The van der Waals surface area contributed by atoms with Crippen molar-refractivity contribution >= 4 is 0 Å². The van der Waals surface area contributed by atoms with Crippen LogP contribution >= 0.6 is 0 Å². The third kappa shape index (κ3) is 3.80. The first-order valence-electron chi connectivity index (χ1n) is 7.94. The normalized spacial score (nSPS) is 18.9. The van der Waals surface area contributed by atoms with E-state index < -0.39 is 0 Å². The lowest BCUT2D eigenvalue weighted by Crippen LogP contribution is -2.25. The molecule has 116 valence electrons. The third-order valence-corrected chi connectivity index (χ3v) is 4.17. The highest BCUT2D eigenvalue weighted by Crippen LogP contribution is 2.29. The van der Waals surface area contributed by atoms with Gasteiger partial charge in [-0.3, -0.25) is 0 Å². The molecule has 0 aliphatic carbocycles. The summed E-state index contributed by atoms with van der Waals surface area (Å²) in [7, 11) is 1.67. The van der Waals surface area contributed by atoms with E-state index in [2.05, 4.69) is 29.6 Å². The molecule has 0 radical (unpaired) electrons. The van der Waals surface area contributed by atoms with Gasteiger partial charge in [0.05, 0.1) is 7.11 Å². The summed E-state index contributed by atoms with van der Waals surface area (Å²) in [4.78, 5) is 0. The van der Waals surface area contributed by atoms with E-state index in [0.29, 0.717) is 6.04 Å². The molecule has 0 saturated carbocycles. The summed E-state index contributed by atoms with van der Waals surface area (Å²) >= 11 is 0. The van der Waals surface area contributed by atoms with Crippen molar-refractivity contribution in [3.8, 4) is 11.5 Å². The van der Waals surface area contributed by atoms with Gasteiger partial charge in [-0.25, -0.2) is 0 Å². The minimum absolute atomic E-state index is 0.0743. The van der Waals surface area contributed by atoms with Crippen LogP contribution in [0.15, 0.2) is 54.6 Å². The second-order valence-corrected chi connectivity index (χ2v) is 5.72. The van der Waals surface area contributed by atoms with E-state index in [9.17, 15) is 0 Å². The maximum absolute atomic E-state index is 6.27. The summed E-state index contributed by atoms with van der Waals surface area (Å²) in [6.45, 7) is 1.12.